The number of carbonyl (C=O) groups is 2. The van der Waals surface area contributed by atoms with E-state index in [1.54, 1.807) is 48.4 Å². The summed E-state index contributed by atoms with van der Waals surface area (Å²) >= 11 is 6.65. The predicted molar refractivity (Wildman–Crippen MR) is 184 cm³/mol. The molecule has 0 aliphatic heterocycles. The fraction of sp³-hybridized carbons (Fsp3) is 0.361. The van der Waals surface area contributed by atoms with Gasteiger partial charge in [0.2, 0.25) is 6.41 Å². The van der Waals surface area contributed by atoms with Crippen molar-refractivity contribution in [2.24, 2.45) is 16.1 Å². The number of alkyl carbamates (subject to hydrolysis) is 1. The number of nitrogens with two attached hydrogens (primary N) is 1. The summed E-state index contributed by atoms with van der Waals surface area (Å²) in [6.07, 6.45) is 6.91. The molecule has 13 heteroatoms. The lowest BCUT2D eigenvalue weighted by atomic mass is 9.77. The van der Waals surface area contributed by atoms with Gasteiger partial charge < -0.3 is 15.8 Å². The maximum atomic E-state index is 14.4. The van der Waals surface area contributed by atoms with Gasteiger partial charge in [-0.3, -0.25) is 14.7 Å². The van der Waals surface area contributed by atoms with Crippen molar-refractivity contribution in [3.8, 4) is 16.9 Å². The Kier molecular flexibility index (Phi) is 10.1. The summed E-state index contributed by atoms with van der Waals surface area (Å²) in [5.41, 5.74) is 7.34. The van der Waals surface area contributed by atoms with Gasteiger partial charge in [-0.2, -0.15) is 5.10 Å². The Hall–Kier alpha value is -4.84. The first-order valence-corrected chi connectivity index (χ1v) is 16.2. The minimum absolute atomic E-state index is 0.245. The van der Waals surface area contributed by atoms with E-state index in [2.05, 4.69) is 15.4 Å². The molecule has 1 aliphatic rings. The van der Waals surface area contributed by atoms with E-state index >= 15 is 0 Å². The molecule has 3 N–H and O–H groups in total. The molecule has 0 radical (unpaired) electrons. The number of halogens is 3. The van der Waals surface area contributed by atoms with Gasteiger partial charge in [-0.25, -0.2) is 23.2 Å². The van der Waals surface area contributed by atoms with Crippen molar-refractivity contribution < 1.29 is 23.1 Å². The number of amides is 2. The summed E-state index contributed by atoms with van der Waals surface area (Å²) in [6.45, 7) is 9.19. The lowest BCUT2D eigenvalue weighted by Crippen LogP contribution is -2.44. The molecule has 1 aliphatic carbocycles. The Morgan fingerprint density at radius 3 is 2.49 bits per heavy atom. The lowest BCUT2D eigenvalue weighted by molar-refractivity contribution is -0.117. The molecule has 2 heterocycles. The second-order valence-electron chi connectivity index (χ2n) is 14.1. The number of rotatable bonds is 11. The Bertz CT molecular complexity index is 1840. The first kappa shape index (κ1) is 35.5. The molecular formula is C36H40ClF2N7O3. The highest BCUT2D eigenvalue weighted by molar-refractivity contribution is 6.32. The molecule has 2 aromatic heterocycles. The van der Waals surface area contributed by atoms with Gasteiger partial charge in [0.05, 0.1) is 34.2 Å². The molecule has 0 saturated heterocycles. The van der Waals surface area contributed by atoms with Crippen LogP contribution in [0.4, 0.5) is 13.6 Å². The van der Waals surface area contributed by atoms with Crippen LogP contribution in [0.5, 0.6) is 0 Å². The Balaban J connectivity index is 1.55. The van der Waals surface area contributed by atoms with Gasteiger partial charge in [-0.05, 0) is 86.1 Å². The summed E-state index contributed by atoms with van der Waals surface area (Å²) in [5.74, 6) is -1.78. The fourth-order valence-corrected chi connectivity index (χ4v) is 6.03. The van der Waals surface area contributed by atoms with Gasteiger partial charge in [-0.1, -0.05) is 44.5 Å². The van der Waals surface area contributed by atoms with Gasteiger partial charge in [0, 0.05) is 29.6 Å². The van der Waals surface area contributed by atoms with E-state index < -0.39 is 29.3 Å². The number of hydrogen-bond acceptors (Lipinski definition) is 6. The quantitative estimate of drug-likeness (QED) is 0.0965. The third-order valence-electron chi connectivity index (χ3n) is 8.36. The van der Waals surface area contributed by atoms with Crippen molar-refractivity contribution >= 4 is 30.1 Å². The second kappa shape index (κ2) is 13.9. The van der Waals surface area contributed by atoms with Gasteiger partial charge in [-0.15, -0.1) is 0 Å². The standard InChI is InChI=1S/C36H40ClF2N7O3/c1-34(2,3)21-36(5,25-15-26(38)17-27(39)16-25)43-32(40)45(22-47)31(20-49-33(48)44-35(4)11-12-35)23-9-10-28(37)30(14-23)46-19-24(18-42-46)29-8-6-7-13-41-29/h6-10,13-19,22,31H,11-12,20-21H2,1-5H3,(H2,40,43)(H,44,48)/t31-,36?/m1/s1. The van der Waals surface area contributed by atoms with E-state index in [0.29, 0.717) is 29.1 Å². The van der Waals surface area contributed by atoms with Crippen LogP contribution in [0.25, 0.3) is 16.9 Å². The first-order chi connectivity index (χ1) is 23.1. The van der Waals surface area contributed by atoms with Gasteiger partial charge in [0.15, 0.2) is 5.96 Å². The number of nitrogens with one attached hydrogen (secondary N) is 1. The summed E-state index contributed by atoms with van der Waals surface area (Å²) in [5, 5.41) is 7.69. The van der Waals surface area contributed by atoms with Crippen molar-refractivity contribution in [1.29, 1.82) is 0 Å². The van der Waals surface area contributed by atoms with Crippen LogP contribution in [0, 0.1) is 17.0 Å². The summed E-state index contributed by atoms with van der Waals surface area (Å²) in [4.78, 5) is 36.0. The molecule has 258 valence electrons. The molecule has 10 nitrogen and oxygen atoms in total. The molecular weight excluding hydrogens is 652 g/mol. The lowest BCUT2D eigenvalue weighted by Gasteiger charge is -2.35. The second-order valence-corrected chi connectivity index (χ2v) is 14.5. The average molecular weight is 692 g/mol. The van der Waals surface area contributed by atoms with Gasteiger partial charge in [0.25, 0.3) is 0 Å². The maximum absolute atomic E-state index is 14.4. The van der Waals surface area contributed by atoms with Crippen molar-refractivity contribution in [1.82, 2.24) is 25.0 Å². The summed E-state index contributed by atoms with van der Waals surface area (Å²) < 4.78 is 36.1. The number of aliphatic imine (C=N–C) groups is 1. The third-order valence-corrected chi connectivity index (χ3v) is 8.67. The highest BCUT2D eigenvalue weighted by atomic mass is 35.5. The van der Waals surface area contributed by atoms with E-state index in [4.69, 9.17) is 27.1 Å². The highest BCUT2D eigenvalue weighted by Gasteiger charge is 2.40. The Labute approximate surface area is 289 Å². The molecule has 2 amide bonds. The molecule has 2 atom stereocenters. The highest BCUT2D eigenvalue weighted by Crippen LogP contribution is 2.39. The van der Waals surface area contributed by atoms with Gasteiger partial charge >= 0.3 is 6.09 Å². The largest absolute Gasteiger partial charge is 0.447 e. The Morgan fingerprint density at radius 2 is 1.88 bits per heavy atom. The van der Waals surface area contributed by atoms with Crippen molar-refractivity contribution in [3.05, 3.63) is 101 Å². The van der Waals surface area contributed by atoms with Crippen LogP contribution in [0.3, 0.4) is 0 Å². The average Bonchev–Trinajstić information content (AvgIpc) is 3.53. The summed E-state index contributed by atoms with van der Waals surface area (Å²) in [6, 6.07) is 12.8. The van der Waals surface area contributed by atoms with Crippen LogP contribution in [-0.2, 0) is 15.1 Å². The van der Waals surface area contributed by atoms with E-state index in [1.807, 2.05) is 45.9 Å². The smallest absolute Gasteiger partial charge is 0.407 e. The maximum Gasteiger partial charge on any atom is 0.407 e. The van der Waals surface area contributed by atoms with Crippen LogP contribution >= 0.6 is 11.6 Å². The number of aromatic nitrogens is 3. The zero-order valence-electron chi connectivity index (χ0n) is 28.1. The normalized spacial score (nSPS) is 16.0. The SMILES string of the molecule is CC(C)(C)CC(C)(N=C(N)N(C=O)[C@H](COC(=O)NC1(C)CC1)c1ccc(Cl)c(-n2cc(-c3ccccn3)cn2)c1)c1cc(F)cc(F)c1. The predicted octanol–water partition coefficient (Wildman–Crippen LogP) is 7.31. The molecule has 2 aromatic carbocycles. The molecule has 1 unspecified atom stereocenters. The van der Waals surface area contributed by atoms with Crippen LogP contribution in [0.15, 0.2) is 78.2 Å². The minimum Gasteiger partial charge on any atom is -0.447 e. The number of nitrogens with zero attached hydrogens (tertiary/aromatic N) is 5. The number of ether oxygens (including phenoxy) is 1. The van der Waals surface area contributed by atoms with Crippen LogP contribution in [0.2, 0.25) is 5.02 Å². The molecule has 49 heavy (non-hydrogen) atoms. The molecule has 0 spiro atoms. The summed E-state index contributed by atoms with van der Waals surface area (Å²) in [7, 11) is 0. The number of benzene rings is 2. The number of guanidine groups is 1. The fourth-order valence-electron chi connectivity index (χ4n) is 5.82. The molecule has 0 bridgehead atoms. The van der Waals surface area contributed by atoms with Crippen molar-refractivity contribution in [3.63, 3.8) is 0 Å². The third kappa shape index (κ3) is 8.80. The van der Waals surface area contributed by atoms with Crippen LogP contribution in [-0.4, -0.2) is 50.3 Å². The molecule has 5 rings (SSSR count). The zero-order valence-corrected chi connectivity index (χ0v) is 28.8. The zero-order chi connectivity index (χ0) is 35.6. The molecule has 1 fully saturated rings. The van der Waals surface area contributed by atoms with E-state index in [-0.39, 0.29) is 29.1 Å². The first-order valence-electron chi connectivity index (χ1n) is 15.8. The van der Waals surface area contributed by atoms with E-state index in [1.165, 1.54) is 12.1 Å². The molecule has 4 aromatic rings. The Morgan fingerprint density at radius 1 is 1.16 bits per heavy atom. The minimum atomic E-state index is -1.25. The monoisotopic (exact) mass is 691 g/mol. The van der Waals surface area contributed by atoms with E-state index in [0.717, 1.165) is 35.1 Å². The van der Waals surface area contributed by atoms with Crippen molar-refractivity contribution in [2.75, 3.05) is 6.61 Å². The van der Waals surface area contributed by atoms with Crippen molar-refractivity contribution in [2.45, 2.75) is 71.0 Å². The van der Waals surface area contributed by atoms with Crippen LogP contribution < -0.4 is 11.1 Å². The topological polar surface area (TPSA) is 128 Å². The van der Waals surface area contributed by atoms with Crippen LogP contribution in [0.1, 0.15) is 71.0 Å². The van der Waals surface area contributed by atoms with Gasteiger partial charge in [0.1, 0.15) is 18.2 Å². The number of carbonyl (C=O) groups excluding carboxylic acids is 2. The molecule has 1 saturated carbocycles. The number of pyridine rings is 1. The number of hydrogen-bond donors (Lipinski definition) is 2. The van der Waals surface area contributed by atoms with E-state index in [9.17, 15) is 18.4 Å².